The number of anilines is 1. The highest BCUT2D eigenvalue weighted by atomic mass is 35.5. The van der Waals surface area contributed by atoms with Gasteiger partial charge >= 0.3 is 5.97 Å². The summed E-state index contributed by atoms with van der Waals surface area (Å²) in [5.74, 6) is -1.28. The Labute approximate surface area is 159 Å². The number of aromatic carboxylic acids is 1. The van der Waals surface area contributed by atoms with Crippen LogP contribution in [0.5, 0.6) is 0 Å². The highest BCUT2D eigenvalue weighted by Crippen LogP contribution is 2.25. The molecule has 3 rings (SSSR count). The zero-order valence-corrected chi connectivity index (χ0v) is 15.9. The van der Waals surface area contributed by atoms with Gasteiger partial charge in [0.2, 0.25) is 0 Å². The van der Waals surface area contributed by atoms with Gasteiger partial charge in [0.05, 0.1) is 17.2 Å². The first-order valence-electron chi connectivity index (χ1n) is 8.01. The Morgan fingerprint density at radius 3 is 2.88 bits per heavy atom. The van der Waals surface area contributed by atoms with Crippen LogP contribution in [0, 0.1) is 6.92 Å². The average molecular weight is 399 g/mol. The highest BCUT2D eigenvalue weighted by Gasteiger charge is 2.32. The molecule has 26 heavy (non-hydrogen) atoms. The number of thiazole rings is 1. The summed E-state index contributed by atoms with van der Waals surface area (Å²) in [6, 6.07) is 1.44. The van der Waals surface area contributed by atoms with Crippen LogP contribution >= 0.6 is 22.9 Å². The molecule has 0 radical (unpaired) electrons. The maximum atomic E-state index is 12.4. The molecular formula is C16H19ClN4O4S. The molecule has 1 fully saturated rings. The molecule has 1 aliphatic rings. The van der Waals surface area contributed by atoms with Gasteiger partial charge in [-0.25, -0.2) is 9.78 Å². The van der Waals surface area contributed by atoms with Crippen molar-refractivity contribution in [2.75, 3.05) is 25.1 Å². The van der Waals surface area contributed by atoms with E-state index in [-0.39, 0.29) is 23.7 Å². The Kier molecular flexibility index (Phi) is 5.49. The van der Waals surface area contributed by atoms with E-state index < -0.39 is 5.97 Å². The number of halogens is 1. The lowest BCUT2D eigenvalue weighted by Crippen LogP contribution is -2.55. The molecule has 0 aromatic carbocycles. The maximum absolute atomic E-state index is 12.4. The van der Waals surface area contributed by atoms with E-state index in [1.54, 1.807) is 20.1 Å². The topological polar surface area (TPSA) is 108 Å². The van der Waals surface area contributed by atoms with Crippen molar-refractivity contribution in [3.8, 4) is 0 Å². The van der Waals surface area contributed by atoms with E-state index in [0.29, 0.717) is 35.4 Å². The van der Waals surface area contributed by atoms with Gasteiger partial charge in [0, 0.05) is 31.3 Å². The lowest BCUT2D eigenvalue weighted by Gasteiger charge is -2.37. The summed E-state index contributed by atoms with van der Waals surface area (Å²) in [5.41, 5.74) is 1.19. The Balaban J connectivity index is 1.65. The Hall–Kier alpha value is -2.10. The normalized spacial score (nSPS) is 20.2. The number of aromatic amines is 1. The lowest BCUT2D eigenvalue weighted by molar-refractivity contribution is 0.0539. The predicted molar refractivity (Wildman–Crippen MR) is 98.5 cm³/mol. The number of hydrogen-bond donors (Lipinski definition) is 3. The van der Waals surface area contributed by atoms with Crippen LogP contribution in [-0.4, -0.2) is 59.3 Å². The molecule has 0 spiro atoms. The van der Waals surface area contributed by atoms with Crippen molar-refractivity contribution < 1.29 is 19.4 Å². The van der Waals surface area contributed by atoms with Crippen LogP contribution in [0.1, 0.15) is 33.1 Å². The van der Waals surface area contributed by atoms with Gasteiger partial charge in [-0.15, -0.1) is 11.3 Å². The third-order valence-electron chi connectivity index (χ3n) is 4.36. The van der Waals surface area contributed by atoms with E-state index in [1.807, 2.05) is 4.90 Å². The third-order valence-corrected chi connectivity index (χ3v) is 5.65. The molecule has 0 aliphatic carbocycles. The van der Waals surface area contributed by atoms with E-state index in [0.717, 1.165) is 5.69 Å². The molecular weight excluding hydrogens is 380 g/mol. The highest BCUT2D eigenvalue weighted by molar-refractivity contribution is 7.13. The fourth-order valence-corrected chi connectivity index (χ4v) is 3.90. The van der Waals surface area contributed by atoms with Crippen LogP contribution in [0.3, 0.4) is 0 Å². The second-order valence-electron chi connectivity index (χ2n) is 6.07. The molecule has 2 aromatic rings. The fraction of sp³-hybridized carbons (Fsp3) is 0.438. The Morgan fingerprint density at radius 1 is 1.54 bits per heavy atom. The molecule has 2 aromatic heterocycles. The van der Waals surface area contributed by atoms with Gasteiger partial charge in [0.25, 0.3) is 5.91 Å². The number of aryl methyl sites for hydroxylation is 1. The number of carboxylic acid groups (broad SMARTS) is 1. The van der Waals surface area contributed by atoms with Gasteiger partial charge < -0.3 is 25.0 Å². The van der Waals surface area contributed by atoms with Gasteiger partial charge in [0.15, 0.2) is 10.8 Å². The summed E-state index contributed by atoms with van der Waals surface area (Å²) in [4.78, 5) is 32.5. The number of piperidine rings is 1. The van der Waals surface area contributed by atoms with Crippen LogP contribution in [0.2, 0.25) is 5.02 Å². The number of aromatic nitrogens is 2. The number of nitrogens with one attached hydrogen (secondary N) is 2. The maximum Gasteiger partial charge on any atom is 0.355 e. The summed E-state index contributed by atoms with van der Waals surface area (Å²) in [7, 11) is 1.59. The van der Waals surface area contributed by atoms with Crippen molar-refractivity contribution in [3.05, 3.63) is 33.6 Å². The van der Waals surface area contributed by atoms with Gasteiger partial charge in [-0.3, -0.25) is 4.79 Å². The van der Waals surface area contributed by atoms with Crippen molar-refractivity contribution in [1.29, 1.82) is 0 Å². The minimum Gasteiger partial charge on any atom is -0.476 e. The number of carbonyl (C=O) groups is 2. The minimum absolute atomic E-state index is 0.0355. The average Bonchev–Trinajstić information content (AvgIpc) is 3.23. The SMILES string of the molecule is COC1CN(c2nc(C(=O)O)cs2)CCC1NC(=O)c1cc(Cl)c(C)[nH]1. The predicted octanol–water partition coefficient (Wildman–Crippen LogP) is 2.15. The quantitative estimate of drug-likeness (QED) is 0.712. The van der Waals surface area contributed by atoms with Crippen LogP contribution in [0.15, 0.2) is 11.4 Å². The third kappa shape index (κ3) is 3.84. The molecule has 8 nitrogen and oxygen atoms in total. The lowest BCUT2D eigenvalue weighted by atomic mass is 10.0. The molecule has 1 saturated heterocycles. The first-order chi connectivity index (χ1) is 12.4. The molecule has 140 valence electrons. The number of carboxylic acids is 1. The minimum atomic E-state index is -1.04. The molecule has 1 aliphatic heterocycles. The van der Waals surface area contributed by atoms with E-state index in [4.69, 9.17) is 21.4 Å². The van der Waals surface area contributed by atoms with Crippen LogP contribution in [-0.2, 0) is 4.74 Å². The van der Waals surface area contributed by atoms with E-state index in [9.17, 15) is 9.59 Å². The van der Waals surface area contributed by atoms with E-state index in [2.05, 4.69) is 15.3 Å². The first-order valence-corrected chi connectivity index (χ1v) is 9.27. The summed E-state index contributed by atoms with van der Waals surface area (Å²) in [6.45, 7) is 2.95. The van der Waals surface area contributed by atoms with Crippen LogP contribution < -0.4 is 10.2 Å². The molecule has 3 heterocycles. The number of amides is 1. The van der Waals surface area contributed by atoms with Crippen LogP contribution in [0.4, 0.5) is 5.13 Å². The number of carbonyl (C=O) groups excluding carboxylic acids is 1. The number of nitrogens with zero attached hydrogens (tertiary/aromatic N) is 2. The zero-order chi connectivity index (χ0) is 18.8. The molecule has 0 bridgehead atoms. The largest absolute Gasteiger partial charge is 0.476 e. The number of ether oxygens (including phenoxy) is 1. The Bertz CT molecular complexity index is 802. The number of hydrogen-bond acceptors (Lipinski definition) is 6. The summed E-state index contributed by atoms with van der Waals surface area (Å²) < 4.78 is 5.54. The van der Waals surface area contributed by atoms with Gasteiger partial charge in [-0.05, 0) is 19.4 Å². The standard InChI is InChI=1S/C16H19ClN4O4S/c1-8-9(17)5-11(18-8)14(22)19-10-3-4-21(6-13(10)25-2)16-20-12(7-26-16)15(23)24/h5,7,10,13,18H,3-4,6H2,1-2H3,(H,19,22)(H,23,24). The summed E-state index contributed by atoms with van der Waals surface area (Å²) in [5, 5.41) is 14.7. The van der Waals surface area contributed by atoms with E-state index >= 15 is 0 Å². The summed E-state index contributed by atoms with van der Waals surface area (Å²) in [6.07, 6.45) is 0.413. The van der Waals surface area contributed by atoms with Crippen LogP contribution in [0.25, 0.3) is 0 Å². The van der Waals surface area contributed by atoms with Crippen molar-refractivity contribution in [3.63, 3.8) is 0 Å². The van der Waals surface area contributed by atoms with Gasteiger partial charge in [-0.1, -0.05) is 11.6 Å². The number of rotatable bonds is 5. The molecule has 1 amide bonds. The second-order valence-corrected chi connectivity index (χ2v) is 7.31. The molecule has 2 atom stereocenters. The van der Waals surface area contributed by atoms with Crippen molar-refractivity contribution in [2.45, 2.75) is 25.5 Å². The number of H-pyrrole nitrogens is 1. The first kappa shape index (κ1) is 18.7. The smallest absolute Gasteiger partial charge is 0.355 e. The second kappa shape index (κ2) is 7.65. The van der Waals surface area contributed by atoms with E-state index in [1.165, 1.54) is 16.7 Å². The van der Waals surface area contributed by atoms with Gasteiger partial charge in [-0.2, -0.15) is 0 Å². The fourth-order valence-electron chi connectivity index (χ4n) is 2.90. The molecule has 10 heteroatoms. The summed E-state index contributed by atoms with van der Waals surface area (Å²) >= 11 is 7.28. The van der Waals surface area contributed by atoms with Gasteiger partial charge in [0.1, 0.15) is 5.69 Å². The van der Waals surface area contributed by atoms with Crippen molar-refractivity contribution in [2.24, 2.45) is 0 Å². The monoisotopic (exact) mass is 398 g/mol. The van der Waals surface area contributed by atoms with Crippen molar-refractivity contribution in [1.82, 2.24) is 15.3 Å². The van der Waals surface area contributed by atoms with Crippen molar-refractivity contribution >= 4 is 39.9 Å². The zero-order valence-electron chi connectivity index (χ0n) is 14.3. The Morgan fingerprint density at radius 2 is 2.31 bits per heavy atom. The number of methoxy groups -OCH3 is 1. The molecule has 0 saturated carbocycles. The molecule has 3 N–H and O–H groups in total. The molecule has 2 unspecified atom stereocenters.